The molecule has 0 aliphatic rings. The van der Waals surface area contributed by atoms with Crippen LogP contribution >= 0.6 is 0 Å². The first kappa shape index (κ1) is 18.4. The summed E-state index contributed by atoms with van der Waals surface area (Å²) in [5.41, 5.74) is 2.95. The van der Waals surface area contributed by atoms with Gasteiger partial charge in [0.15, 0.2) is 5.65 Å². The zero-order valence-corrected chi connectivity index (χ0v) is 15.5. The van der Waals surface area contributed by atoms with Gasteiger partial charge in [0.25, 0.3) is 0 Å². The Labute approximate surface area is 157 Å². The molecule has 3 amide bonds. The Hall–Kier alpha value is -3.42. The number of rotatable bonds is 5. The molecular weight excluding hydrogens is 344 g/mol. The number of amides is 3. The summed E-state index contributed by atoms with van der Waals surface area (Å²) in [6, 6.07) is 9.02. The van der Waals surface area contributed by atoms with E-state index in [1.54, 1.807) is 18.5 Å². The van der Waals surface area contributed by atoms with Crippen LogP contribution in [0.1, 0.15) is 32.4 Å². The molecule has 3 N–H and O–H groups in total. The molecule has 27 heavy (non-hydrogen) atoms. The van der Waals surface area contributed by atoms with E-state index in [1.165, 1.54) is 6.92 Å². The summed E-state index contributed by atoms with van der Waals surface area (Å²) in [6.07, 6.45) is 3.35. The van der Waals surface area contributed by atoms with Gasteiger partial charge in [0.05, 0.1) is 18.1 Å². The Balaban J connectivity index is 1.61. The van der Waals surface area contributed by atoms with Crippen LogP contribution in [0.3, 0.4) is 0 Å². The molecule has 0 saturated heterocycles. The van der Waals surface area contributed by atoms with Crippen molar-refractivity contribution in [2.75, 3.05) is 10.6 Å². The Bertz CT molecular complexity index is 979. The third-order valence-electron chi connectivity index (χ3n) is 3.88. The average molecular weight is 366 g/mol. The van der Waals surface area contributed by atoms with Crippen LogP contribution in [0.2, 0.25) is 0 Å². The first-order valence-corrected chi connectivity index (χ1v) is 8.67. The summed E-state index contributed by atoms with van der Waals surface area (Å²) >= 11 is 0. The average Bonchev–Trinajstić information content (AvgIpc) is 3.03. The first-order valence-electron chi connectivity index (χ1n) is 8.67. The van der Waals surface area contributed by atoms with Crippen LogP contribution < -0.4 is 16.0 Å². The Morgan fingerprint density at radius 3 is 2.67 bits per heavy atom. The highest BCUT2D eigenvalue weighted by Crippen LogP contribution is 2.19. The molecule has 1 aromatic carbocycles. The summed E-state index contributed by atoms with van der Waals surface area (Å²) < 4.78 is 1.83. The predicted molar refractivity (Wildman–Crippen MR) is 105 cm³/mol. The maximum Gasteiger partial charge on any atom is 0.319 e. The number of anilines is 2. The zero-order valence-electron chi connectivity index (χ0n) is 15.5. The van der Waals surface area contributed by atoms with Crippen molar-refractivity contribution in [1.29, 1.82) is 0 Å². The first-order chi connectivity index (χ1) is 12.9. The molecule has 0 saturated carbocycles. The van der Waals surface area contributed by atoms with Crippen molar-refractivity contribution in [3.05, 3.63) is 48.3 Å². The number of pyridine rings is 1. The van der Waals surface area contributed by atoms with Crippen molar-refractivity contribution in [2.24, 2.45) is 0 Å². The lowest BCUT2D eigenvalue weighted by Crippen LogP contribution is -2.28. The fourth-order valence-corrected chi connectivity index (χ4v) is 2.71. The largest absolute Gasteiger partial charge is 0.334 e. The van der Waals surface area contributed by atoms with Crippen LogP contribution in [0.15, 0.2) is 42.7 Å². The van der Waals surface area contributed by atoms with Crippen molar-refractivity contribution < 1.29 is 9.59 Å². The van der Waals surface area contributed by atoms with E-state index < -0.39 is 0 Å². The number of nitrogens with zero attached hydrogens (tertiary/aromatic N) is 3. The minimum atomic E-state index is -0.336. The minimum Gasteiger partial charge on any atom is -0.334 e. The molecule has 3 aromatic rings. The fourth-order valence-electron chi connectivity index (χ4n) is 2.71. The van der Waals surface area contributed by atoms with Crippen LogP contribution in [0, 0.1) is 0 Å². The molecule has 0 unspecified atom stereocenters. The predicted octanol–water partition coefficient (Wildman–Crippen LogP) is 3.29. The van der Waals surface area contributed by atoms with Crippen LogP contribution in [0.5, 0.6) is 0 Å². The Morgan fingerprint density at radius 2 is 1.93 bits per heavy atom. The number of benzene rings is 1. The number of carbonyl (C=O) groups is 2. The van der Waals surface area contributed by atoms with Crippen molar-refractivity contribution in [2.45, 2.75) is 33.4 Å². The quantitative estimate of drug-likeness (QED) is 0.645. The second-order valence-corrected chi connectivity index (χ2v) is 6.51. The standard InChI is InChI=1S/C19H22N6O2/c1-12(2)25-18-15(10-22-25)8-17(11-20-18)24-19(27)21-9-14-5-4-6-16(7-14)23-13(3)26/h4-8,10-12H,9H2,1-3H3,(H,23,26)(H2,21,24,27). The van der Waals surface area contributed by atoms with Crippen molar-refractivity contribution in [3.63, 3.8) is 0 Å². The number of hydrogen-bond donors (Lipinski definition) is 3. The van der Waals surface area contributed by atoms with E-state index >= 15 is 0 Å². The summed E-state index contributed by atoms with van der Waals surface area (Å²) in [4.78, 5) is 27.7. The lowest BCUT2D eigenvalue weighted by Gasteiger charge is -2.10. The molecule has 3 rings (SSSR count). The number of aromatic nitrogens is 3. The van der Waals surface area contributed by atoms with E-state index in [-0.39, 0.29) is 18.0 Å². The van der Waals surface area contributed by atoms with Crippen molar-refractivity contribution in [3.8, 4) is 0 Å². The lowest BCUT2D eigenvalue weighted by molar-refractivity contribution is -0.114. The van der Waals surface area contributed by atoms with E-state index in [2.05, 4.69) is 26.0 Å². The van der Waals surface area contributed by atoms with Crippen molar-refractivity contribution in [1.82, 2.24) is 20.1 Å². The molecule has 140 valence electrons. The van der Waals surface area contributed by atoms with Gasteiger partial charge in [-0.25, -0.2) is 14.5 Å². The van der Waals surface area contributed by atoms with E-state index in [9.17, 15) is 9.59 Å². The summed E-state index contributed by atoms with van der Waals surface area (Å²) in [7, 11) is 0. The highest BCUT2D eigenvalue weighted by atomic mass is 16.2. The highest BCUT2D eigenvalue weighted by Gasteiger charge is 2.09. The molecule has 0 fully saturated rings. The lowest BCUT2D eigenvalue weighted by atomic mass is 10.2. The monoisotopic (exact) mass is 366 g/mol. The Morgan fingerprint density at radius 1 is 1.11 bits per heavy atom. The van der Waals surface area contributed by atoms with Crippen LogP contribution in [0.4, 0.5) is 16.2 Å². The Kier molecular flexibility index (Phi) is 5.35. The molecule has 0 aliphatic carbocycles. The maximum atomic E-state index is 12.2. The molecule has 2 heterocycles. The molecule has 8 heteroatoms. The second kappa shape index (κ2) is 7.86. The number of nitrogens with one attached hydrogen (secondary N) is 3. The van der Waals surface area contributed by atoms with Gasteiger partial charge in [-0.1, -0.05) is 12.1 Å². The van der Waals surface area contributed by atoms with Gasteiger partial charge in [-0.15, -0.1) is 0 Å². The molecule has 2 aromatic heterocycles. The highest BCUT2D eigenvalue weighted by molar-refractivity contribution is 5.91. The van der Waals surface area contributed by atoms with Crippen molar-refractivity contribution >= 4 is 34.3 Å². The van der Waals surface area contributed by atoms with E-state index in [0.29, 0.717) is 17.9 Å². The molecule has 0 radical (unpaired) electrons. The minimum absolute atomic E-state index is 0.137. The van der Waals surface area contributed by atoms with Gasteiger partial charge in [-0.2, -0.15) is 5.10 Å². The normalized spacial score (nSPS) is 10.8. The summed E-state index contributed by atoms with van der Waals surface area (Å²) in [6.45, 7) is 5.86. The van der Waals surface area contributed by atoms with E-state index in [1.807, 2.05) is 42.8 Å². The third-order valence-corrected chi connectivity index (χ3v) is 3.88. The number of carbonyl (C=O) groups excluding carboxylic acids is 2. The summed E-state index contributed by atoms with van der Waals surface area (Å²) in [5, 5.41) is 13.5. The van der Waals surface area contributed by atoms with Gasteiger partial charge >= 0.3 is 6.03 Å². The number of hydrogen-bond acceptors (Lipinski definition) is 4. The molecule has 0 bridgehead atoms. The van der Waals surface area contributed by atoms with Gasteiger partial charge in [0.1, 0.15) is 0 Å². The molecule has 8 nitrogen and oxygen atoms in total. The second-order valence-electron chi connectivity index (χ2n) is 6.51. The van der Waals surface area contributed by atoms with Gasteiger partial charge in [-0.3, -0.25) is 4.79 Å². The molecule has 0 spiro atoms. The van der Waals surface area contributed by atoms with Crippen LogP contribution in [0.25, 0.3) is 11.0 Å². The SMILES string of the molecule is CC(=O)Nc1cccc(CNC(=O)Nc2cnc3c(cnn3C(C)C)c2)c1. The van der Waals surface area contributed by atoms with E-state index in [0.717, 1.165) is 16.6 Å². The summed E-state index contributed by atoms with van der Waals surface area (Å²) in [5.74, 6) is -0.137. The van der Waals surface area contributed by atoms with Gasteiger partial charge in [-0.05, 0) is 37.6 Å². The zero-order chi connectivity index (χ0) is 19.4. The molecular formula is C19H22N6O2. The maximum absolute atomic E-state index is 12.2. The smallest absolute Gasteiger partial charge is 0.319 e. The number of fused-ring (bicyclic) bond motifs is 1. The molecule has 0 aliphatic heterocycles. The van der Waals surface area contributed by atoms with Crippen LogP contribution in [-0.2, 0) is 11.3 Å². The van der Waals surface area contributed by atoms with Gasteiger partial charge in [0.2, 0.25) is 5.91 Å². The van der Waals surface area contributed by atoms with Gasteiger partial charge in [0, 0.05) is 30.6 Å². The number of urea groups is 1. The molecule has 0 atom stereocenters. The fraction of sp³-hybridized carbons (Fsp3) is 0.263. The third kappa shape index (κ3) is 4.60. The van der Waals surface area contributed by atoms with Crippen LogP contribution in [-0.4, -0.2) is 26.7 Å². The van der Waals surface area contributed by atoms with E-state index in [4.69, 9.17) is 0 Å². The topological polar surface area (TPSA) is 101 Å². The van der Waals surface area contributed by atoms with Gasteiger partial charge < -0.3 is 16.0 Å².